The molecule has 6 heterocycles. The Labute approximate surface area is 654 Å². The number of allylic oxidation sites excluding steroid dienone is 5. The molecule has 1 aromatic carbocycles. The van der Waals surface area contributed by atoms with Crippen LogP contribution in [0.4, 0.5) is 13.6 Å². The molecule has 0 atom stereocenters. The predicted molar refractivity (Wildman–Crippen MR) is 315 cm³/mol. The second kappa shape index (κ2) is 45.2. The molecule has 2 amide bonds. The molecule has 0 saturated carbocycles. The van der Waals surface area contributed by atoms with Gasteiger partial charge in [-0.25, -0.2) is 30.7 Å². The van der Waals surface area contributed by atoms with E-state index in [9.17, 15) is 18.4 Å². The van der Waals surface area contributed by atoms with Crippen molar-refractivity contribution in [1.29, 1.82) is 0 Å². The molecule has 7 rings (SSSR count). The number of nitrogens with one attached hydrogen (secondary N) is 5. The smallest absolute Gasteiger partial charge is 0.414 e. The van der Waals surface area contributed by atoms with Crippen molar-refractivity contribution in [2.24, 2.45) is 5.84 Å². The van der Waals surface area contributed by atoms with Gasteiger partial charge in [0.05, 0.1) is 0 Å². The van der Waals surface area contributed by atoms with Gasteiger partial charge in [0, 0.05) is 212 Å². The van der Waals surface area contributed by atoms with E-state index in [0.29, 0.717) is 25.2 Å². The SMILES string of the molecule is O=C=O.O=C=O.O=C=O.O=CCl.[Ar].[CH2-]C=C([CH2-])NN.[CH2-]c1[nH]c2c(c1[CH2-])C(C)(C)CN(C(=O)OC(C)(C)C)C=C2CC.[CH2-]c1[nH]c2c(c1[CH2-])C(C)(C)CN(C(=O)c1ccc(F)c(F)c1)C=C2CC.[CH2-]c1[nH]c2c(c1[CH2-])C(C)(C)CNC=C2CC.[Y].[Y].[Y].[Y]. The maximum Gasteiger partial charge on any atom is 0.414 e. The number of ether oxygens (including phenoxy) is 1. The number of halogens is 3. The van der Waals surface area contributed by atoms with Gasteiger partial charge in [0.2, 0.25) is 5.75 Å². The summed E-state index contributed by atoms with van der Waals surface area (Å²) in [5.74, 6) is 2.72. The molecule has 0 spiro atoms. The van der Waals surface area contributed by atoms with E-state index in [2.05, 4.69) is 140 Å². The number of rotatable bonds is 5. The molecule has 3 aliphatic rings. The van der Waals surface area contributed by atoms with Crippen molar-refractivity contribution >= 4 is 64.5 Å². The van der Waals surface area contributed by atoms with E-state index in [0.717, 1.165) is 99.0 Å². The van der Waals surface area contributed by atoms with E-state index in [1.165, 1.54) is 22.9 Å². The van der Waals surface area contributed by atoms with Crippen molar-refractivity contribution < 1.29 is 225 Å². The summed E-state index contributed by atoms with van der Waals surface area (Å²) in [6.07, 6.45) is 10.3. The molecule has 4 aromatic rings. The maximum atomic E-state index is 13.6. The van der Waals surface area contributed by atoms with Gasteiger partial charge in [0.15, 0.2) is 11.6 Å². The molecule has 3 aromatic heterocycles. The van der Waals surface area contributed by atoms with Crippen LogP contribution < -0.4 is 16.6 Å². The van der Waals surface area contributed by atoms with Crippen LogP contribution in [0.3, 0.4) is 0 Å². The van der Waals surface area contributed by atoms with E-state index in [1.807, 2.05) is 47.7 Å². The molecule has 0 fully saturated rings. The summed E-state index contributed by atoms with van der Waals surface area (Å²) in [6, 6.07) is 3.22. The molecular weight excluding hydrogens is 1490 g/mol. The number of benzene rings is 1. The van der Waals surface area contributed by atoms with Gasteiger partial charge in [-0.3, -0.25) is 67.6 Å². The first-order chi connectivity index (χ1) is 38.5. The summed E-state index contributed by atoms with van der Waals surface area (Å²) in [5.41, 5.74) is 17.4. The summed E-state index contributed by atoms with van der Waals surface area (Å²) >= 11 is 4.32. The zero-order valence-corrected chi connectivity index (χ0v) is 65.2. The minimum atomic E-state index is -1.03. The van der Waals surface area contributed by atoms with Gasteiger partial charge >= 0.3 is 24.5 Å². The van der Waals surface area contributed by atoms with Crippen LogP contribution in [0, 0.1) is 105 Å². The van der Waals surface area contributed by atoms with Gasteiger partial charge in [-0.2, -0.15) is 45.5 Å². The Bertz CT molecular complexity index is 3080. The molecule has 3 aliphatic heterocycles. The fourth-order valence-corrected chi connectivity index (χ4v) is 9.17. The number of nitrogens with two attached hydrogens (primary N) is 1. The number of carbonyl (C=O) groups is 3. The maximum absolute atomic E-state index is 13.6. The third-order valence-corrected chi connectivity index (χ3v) is 12.8. The number of hydrogen-bond donors (Lipinski definition) is 6. The van der Waals surface area contributed by atoms with Crippen LogP contribution >= 0.6 is 11.6 Å². The van der Waals surface area contributed by atoms with E-state index in [4.69, 9.17) is 44.1 Å². The van der Waals surface area contributed by atoms with Crippen LogP contribution in [0.5, 0.6) is 0 Å². The summed E-state index contributed by atoms with van der Waals surface area (Å²) in [5, 5.41) is 3.39. The monoisotopic (exact) mass is 1560 g/mol. The van der Waals surface area contributed by atoms with E-state index < -0.39 is 17.2 Å². The number of fused-ring (bicyclic) bond motifs is 3. The Morgan fingerprint density at radius 2 is 1.02 bits per heavy atom. The van der Waals surface area contributed by atoms with Crippen molar-refractivity contribution in [2.45, 2.75) is 124 Å². The first-order valence-corrected chi connectivity index (χ1v) is 26.1. The molecule has 0 unspecified atom stereocenters. The first kappa shape index (κ1) is 96.0. The summed E-state index contributed by atoms with van der Waals surface area (Å²) in [7, 11) is 0. The number of H-pyrrole nitrogens is 3. The Morgan fingerprint density at radius 1 is 0.682 bits per heavy atom. The number of aromatic nitrogens is 3. The Morgan fingerprint density at radius 3 is 1.34 bits per heavy atom. The summed E-state index contributed by atoms with van der Waals surface area (Å²) in [4.78, 5) is 96.1. The number of amides is 2. The quantitative estimate of drug-likeness (QED) is 0.0357. The molecule has 18 nitrogen and oxygen atoms in total. The summed E-state index contributed by atoms with van der Waals surface area (Å²) < 4.78 is 32.3. The molecule has 26 heteroatoms. The van der Waals surface area contributed by atoms with Gasteiger partial charge in [-0.05, 0) is 104 Å². The number of hydrazine groups is 1. The fraction of sp³-hybridized carbons (Fsp3) is 0.355. The molecule has 88 heavy (non-hydrogen) atoms. The van der Waals surface area contributed by atoms with Crippen LogP contribution in [-0.2, 0) is 185 Å². The van der Waals surface area contributed by atoms with Crippen LogP contribution in [0.15, 0.2) is 48.6 Å². The normalized spacial score (nSPS) is 13.8. The molecule has 0 aliphatic carbocycles. The second-order valence-electron chi connectivity index (χ2n) is 21.5. The number of nitrogens with zero attached hydrogens (tertiary/aromatic N) is 2. The molecule has 0 bridgehead atoms. The molecule has 0 saturated heterocycles. The minimum Gasteiger partial charge on any atom is -0.453 e. The summed E-state index contributed by atoms with van der Waals surface area (Å²) in [6.45, 7) is 57.9. The van der Waals surface area contributed by atoms with Crippen molar-refractivity contribution in [3.8, 4) is 0 Å². The van der Waals surface area contributed by atoms with Gasteiger partial charge in [-0.1, -0.05) is 78.6 Å². The van der Waals surface area contributed by atoms with Crippen LogP contribution in [0.25, 0.3) is 16.7 Å². The predicted octanol–water partition coefficient (Wildman–Crippen LogP) is 11.2. The first-order valence-electron chi connectivity index (χ1n) is 25.7. The molecule has 476 valence electrons. The zero-order chi connectivity index (χ0) is 64.5. The van der Waals surface area contributed by atoms with Crippen LogP contribution in [-0.4, -0.2) is 86.2 Å². The van der Waals surface area contributed by atoms with Gasteiger partial charge < -0.3 is 71.9 Å². The van der Waals surface area contributed by atoms with Crippen molar-refractivity contribution in [2.75, 3.05) is 19.6 Å². The molecule has 4 radical (unpaired) electrons. The third-order valence-electron chi connectivity index (χ3n) is 12.8. The van der Waals surface area contributed by atoms with Gasteiger partial charge in [-0.15, -0.1) is 0 Å². The number of carbonyl (C=O) groups excluding carboxylic acids is 9. The standard InChI is InChI=1S/C21H22F2N2O.C19H28N2O2.C14H20N2.C4H8N2.CHClO.3CO2.Ar.4Y/c1-6-14-10-25(20(26)15-7-8-16(22)17(23)9-15)11-21(4,5)18-12(2)13(3)24-19(14)18;1-9-14-10-21(17(22)23-18(4,5)6)11-19(7,8)15-12(2)13(3)20-16(14)15;1-6-11-7-15-8-14(4,5)12-9(2)10(3)16-13(11)12;1-3-4(2)6-5;4*2-1-3;;;;;/h7-10,24H,2-3,6,11H2,1,4-5H3;10,20H,2-3,9,11H2,1,4-8H3;7,15-16H,2-3,6,8H2,1,4-5H3;3,6H,1-2,5H2;1H;;;;;;;;/q4*-2;;;;;;;;;. The Hall–Kier alpha value is -3.08. The molecular formula is C62H79ArClF2N8O10Y4-8. The Balaban J connectivity index is -0.000000248. The van der Waals surface area contributed by atoms with Crippen molar-refractivity contribution in [3.05, 3.63) is 189 Å². The van der Waals surface area contributed by atoms with Crippen LogP contribution in [0.1, 0.15) is 180 Å². The number of hydrogen-bond acceptors (Lipinski definition) is 13. The van der Waals surface area contributed by atoms with Gasteiger partial charge in [0.25, 0.3) is 5.91 Å². The van der Waals surface area contributed by atoms with Crippen molar-refractivity contribution in [1.82, 2.24) is 35.5 Å². The third kappa shape index (κ3) is 28.4. The van der Waals surface area contributed by atoms with Crippen LogP contribution in [0.2, 0.25) is 0 Å². The molecule has 7 N–H and O–H groups in total. The minimum absolute atomic E-state index is 0. The number of aromatic amines is 3. The van der Waals surface area contributed by atoms with E-state index in [-0.39, 0.29) is 227 Å². The average molecular weight is 1570 g/mol. The second-order valence-corrected chi connectivity index (χ2v) is 21.6. The zero-order valence-electron chi connectivity index (χ0n) is 52.4. The van der Waals surface area contributed by atoms with E-state index in [1.54, 1.807) is 22.1 Å². The van der Waals surface area contributed by atoms with Gasteiger partial charge in [0.1, 0.15) is 5.60 Å². The Kier molecular flexibility index (Phi) is 49.4. The largest absolute Gasteiger partial charge is 0.453 e. The van der Waals surface area contributed by atoms with Crippen molar-refractivity contribution in [3.63, 3.8) is 0 Å². The fourth-order valence-electron chi connectivity index (χ4n) is 9.17. The van der Waals surface area contributed by atoms with E-state index >= 15 is 0 Å². The topological polar surface area (TPSA) is 267 Å². The average Bonchev–Trinajstić information content (AvgIpc) is 2.94.